The zero-order valence-electron chi connectivity index (χ0n) is 24.0. The van der Waals surface area contributed by atoms with Crippen LogP contribution in [0.5, 0.6) is 0 Å². The molecule has 1 fully saturated rings. The summed E-state index contributed by atoms with van der Waals surface area (Å²) in [5.74, 6) is -4.18. The Labute approximate surface area is 214 Å². The fraction of sp³-hybridized carbons (Fsp3) is 1.00. The first-order chi connectivity index (χ1) is 15.6. The highest BCUT2D eigenvalue weighted by Gasteiger charge is 2.75. The number of hydrogen-bond donors (Lipinski definition) is 1. The smallest absolute Gasteiger partial charge is 0.342 e. The largest absolute Gasteiger partial charge is 0.413 e. The first-order valence-electron chi connectivity index (χ1n) is 12.9. The van der Waals surface area contributed by atoms with Crippen molar-refractivity contribution in [1.82, 2.24) is 0 Å². The van der Waals surface area contributed by atoms with Crippen molar-refractivity contribution >= 4 is 26.5 Å². The number of alkyl halides is 2. The Balaban J connectivity index is 3.66. The van der Waals surface area contributed by atoms with Crippen LogP contribution in [0.2, 0.25) is 33.2 Å². The van der Waals surface area contributed by atoms with Crippen molar-refractivity contribution in [1.29, 1.82) is 0 Å². The van der Waals surface area contributed by atoms with Gasteiger partial charge in [-0.1, -0.05) is 83.1 Å². The van der Waals surface area contributed by atoms with Crippen LogP contribution in [0.25, 0.3) is 0 Å². The maximum Gasteiger partial charge on any atom is 0.342 e. The quantitative estimate of drug-likeness (QED) is 0.276. The van der Waals surface area contributed by atoms with Crippen LogP contribution in [0.3, 0.4) is 0 Å². The predicted octanol–water partition coefficient (Wildman–Crippen LogP) is 6.46. The lowest BCUT2D eigenvalue weighted by atomic mass is 10.1. The van der Waals surface area contributed by atoms with Crippen LogP contribution in [0.4, 0.5) is 8.78 Å². The van der Waals surface area contributed by atoms with Gasteiger partial charge in [0.25, 0.3) is 0 Å². The molecule has 0 amide bonds. The van der Waals surface area contributed by atoms with Gasteiger partial charge in [0.2, 0.25) is 18.2 Å². The molecule has 0 unspecified atom stereocenters. The molecule has 210 valence electrons. The van der Waals surface area contributed by atoms with E-state index in [2.05, 4.69) is 41.5 Å². The monoisotopic (exact) mass is 560 g/mol. The van der Waals surface area contributed by atoms with Gasteiger partial charge in [-0.15, -0.1) is 0 Å². The van der Waals surface area contributed by atoms with Crippen LogP contribution in [0.15, 0.2) is 0 Å². The van der Waals surface area contributed by atoms with Crippen molar-refractivity contribution in [3.63, 3.8) is 0 Å². The molecule has 1 N–H and O–H groups in total. The Morgan fingerprint density at radius 1 is 0.800 bits per heavy atom. The minimum absolute atomic E-state index is 0.0257. The van der Waals surface area contributed by atoms with E-state index in [4.69, 9.17) is 13.6 Å². The Bertz CT molecular complexity index is 773. The van der Waals surface area contributed by atoms with E-state index >= 15 is 8.78 Å². The van der Waals surface area contributed by atoms with Crippen LogP contribution in [0.1, 0.15) is 83.1 Å². The summed E-state index contributed by atoms with van der Waals surface area (Å²) in [5.41, 5.74) is 0.487. The molecule has 0 aliphatic carbocycles. The summed E-state index contributed by atoms with van der Waals surface area (Å²) in [7, 11) is -10.1. The van der Waals surface area contributed by atoms with Crippen LogP contribution in [-0.4, -0.2) is 66.3 Å². The lowest BCUT2D eigenvalue weighted by molar-refractivity contribution is -0.229. The summed E-state index contributed by atoms with van der Waals surface area (Å²) in [6, 6.07) is 0. The van der Waals surface area contributed by atoms with Gasteiger partial charge in [0.1, 0.15) is 12.2 Å². The maximum absolute atomic E-state index is 15.9. The minimum atomic E-state index is -4.72. The van der Waals surface area contributed by atoms with Crippen LogP contribution >= 0.6 is 0 Å². The van der Waals surface area contributed by atoms with Crippen molar-refractivity contribution in [2.24, 2.45) is 0 Å². The molecule has 35 heavy (non-hydrogen) atoms. The zero-order chi connectivity index (χ0) is 27.9. The molecule has 0 radical (unpaired) electrons. The number of aliphatic hydroxyl groups is 1. The lowest BCUT2D eigenvalue weighted by Crippen LogP contribution is -2.60. The third kappa shape index (κ3) is 5.47. The second kappa shape index (κ2) is 11.1. The molecule has 0 aromatic carbocycles. The van der Waals surface area contributed by atoms with Crippen LogP contribution in [-0.2, 0) is 23.4 Å². The Morgan fingerprint density at radius 2 is 1.14 bits per heavy atom. The molecule has 6 nitrogen and oxygen atoms in total. The molecular formula is C24H50F2O6SSi2. The van der Waals surface area contributed by atoms with Gasteiger partial charge in [0.15, 0.2) is 8.32 Å². The standard InChI is InChI=1S/C24H50F2O6SSi2/c1-15(2)34(16(3)4,17(5)6)30-14-21-22(23(25,26)24(27,31-21)33(13,28)29)32-35(18(7)8,19(9)10)20(11)12/h15-22,27H,14H2,1-13H3/t21-,22-,24-/m1/s1. The topological polar surface area (TPSA) is 82.1 Å². The molecule has 11 heteroatoms. The summed E-state index contributed by atoms with van der Waals surface area (Å²) in [6.45, 7) is 23.9. The molecule has 0 saturated carbocycles. The molecule has 1 saturated heterocycles. The van der Waals surface area contributed by atoms with E-state index in [1.165, 1.54) is 0 Å². The van der Waals surface area contributed by atoms with E-state index < -0.39 is 49.7 Å². The summed E-state index contributed by atoms with van der Waals surface area (Å²) in [6.07, 6.45) is -2.82. The molecule has 1 aliphatic rings. The highest BCUT2D eigenvalue weighted by molar-refractivity contribution is 7.91. The number of halogens is 2. The van der Waals surface area contributed by atoms with Gasteiger partial charge in [0.05, 0.1) is 6.61 Å². The third-order valence-electron chi connectivity index (χ3n) is 8.17. The SMILES string of the molecule is CC(C)[Si](OC[C@H]1O[C@@](O)(S(C)(=O)=O)C(F)(F)[C@@H]1O[Si](C(C)C)(C(C)C)C(C)C)(C(C)C)C(C)C. The Hall–Kier alpha value is 0.0838. The van der Waals surface area contributed by atoms with Gasteiger partial charge in [-0.2, -0.15) is 8.78 Å². The molecule has 1 rings (SSSR count). The highest BCUT2D eigenvalue weighted by Crippen LogP contribution is 2.52. The first-order valence-corrected chi connectivity index (χ1v) is 19.0. The minimum Gasteiger partial charge on any atom is -0.413 e. The predicted molar refractivity (Wildman–Crippen MR) is 143 cm³/mol. The van der Waals surface area contributed by atoms with Gasteiger partial charge in [-0.25, -0.2) is 8.42 Å². The molecule has 1 heterocycles. The number of ether oxygens (including phenoxy) is 1. The van der Waals surface area contributed by atoms with E-state index in [1.807, 2.05) is 41.5 Å². The fourth-order valence-electron chi connectivity index (χ4n) is 6.72. The number of rotatable bonds is 12. The van der Waals surface area contributed by atoms with Crippen LogP contribution in [0, 0.1) is 0 Å². The normalized spacial score (nSPS) is 26.3. The van der Waals surface area contributed by atoms with Crippen molar-refractivity contribution in [2.75, 3.05) is 12.9 Å². The number of sulfone groups is 1. The molecule has 0 aromatic rings. The van der Waals surface area contributed by atoms with Crippen molar-refractivity contribution in [2.45, 2.75) is 140 Å². The first kappa shape index (κ1) is 33.1. The van der Waals surface area contributed by atoms with E-state index in [0.717, 1.165) is 0 Å². The van der Waals surface area contributed by atoms with E-state index in [0.29, 0.717) is 6.26 Å². The summed E-state index contributed by atoms with van der Waals surface area (Å²) in [5, 5.41) is 7.12. The van der Waals surface area contributed by atoms with Gasteiger partial charge in [-0.3, -0.25) is 0 Å². The fourth-order valence-corrected chi connectivity index (χ4v) is 18.6. The Kier molecular flexibility index (Phi) is 10.5. The van der Waals surface area contributed by atoms with Crippen molar-refractivity contribution in [3.8, 4) is 0 Å². The van der Waals surface area contributed by atoms with E-state index in [-0.39, 0.29) is 39.9 Å². The third-order valence-corrected chi connectivity index (χ3v) is 21.7. The van der Waals surface area contributed by atoms with Crippen LogP contribution < -0.4 is 0 Å². The van der Waals surface area contributed by atoms with Gasteiger partial charge < -0.3 is 18.7 Å². The second-order valence-corrected chi connectivity index (χ2v) is 25.1. The van der Waals surface area contributed by atoms with Gasteiger partial charge in [-0.05, 0) is 33.2 Å². The molecule has 3 atom stereocenters. The molecule has 0 bridgehead atoms. The van der Waals surface area contributed by atoms with Gasteiger partial charge in [0, 0.05) is 6.26 Å². The van der Waals surface area contributed by atoms with E-state index in [9.17, 15) is 13.5 Å². The zero-order valence-corrected chi connectivity index (χ0v) is 26.8. The summed E-state index contributed by atoms with van der Waals surface area (Å²) >= 11 is 0. The summed E-state index contributed by atoms with van der Waals surface area (Å²) in [4.78, 5) is 0. The molecular weight excluding hydrogens is 510 g/mol. The molecule has 1 aliphatic heterocycles. The highest BCUT2D eigenvalue weighted by atomic mass is 32.2. The molecule has 0 spiro atoms. The van der Waals surface area contributed by atoms with E-state index in [1.54, 1.807) is 0 Å². The number of hydrogen-bond acceptors (Lipinski definition) is 6. The van der Waals surface area contributed by atoms with Crippen molar-refractivity contribution in [3.05, 3.63) is 0 Å². The van der Waals surface area contributed by atoms with Gasteiger partial charge >= 0.3 is 11.0 Å². The van der Waals surface area contributed by atoms with Crippen molar-refractivity contribution < 1.29 is 35.9 Å². The lowest BCUT2D eigenvalue weighted by Gasteiger charge is -2.46. The average molecular weight is 561 g/mol. The molecule has 0 aromatic heterocycles. The average Bonchev–Trinajstić information content (AvgIpc) is 2.84. The Morgan fingerprint density at radius 3 is 1.43 bits per heavy atom. The second-order valence-electron chi connectivity index (χ2n) is 12.1. The summed E-state index contributed by atoms with van der Waals surface area (Å²) < 4.78 is 75.0. The maximum atomic E-state index is 15.9.